The molecule has 2 heterocycles. The monoisotopic (exact) mass is 403 g/mol. The van der Waals surface area contributed by atoms with Crippen LogP contribution in [0, 0.1) is 6.92 Å². The zero-order chi connectivity index (χ0) is 21.1. The topological polar surface area (TPSA) is 87.3 Å². The molecule has 7 heteroatoms. The number of methoxy groups -OCH3 is 1. The highest BCUT2D eigenvalue weighted by atomic mass is 16.6. The van der Waals surface area contributed by atoms with Crippen LogP contribution in [0.25, 0.3) is 6.08 Å². The summed E-state index contributed by atoms with van der Waals surface area (Å²) in [5.74, 6) is -0.00738. The van der Waals surface area contributed by atoms with Crippen LogP contribution in [0.15, 0.2) is 76.0 Å². The lowest BCUT2D eigenvalue weighted by Crippen LogP contribution is -2.09. The number of carbonyl (C=O) groups excluding carboxylic acids is 2. The van der Waals surface area contributed by atoms with Crippen molar-refractivity contribution in [1.29, 1.82) is 0 Å². The molecule has 0 N–H and O–H groups in total. The molecule has 0 aliphatic carbocycles. The predicted octanol–water partition coefficient (Wildman–Crippen LogP) is 4.16. The second-order valence-electron chi connectivity index (χ2n) is 6.48. The van der Waals surface area contributed by atoms with Gasteiger partial charge in [-0.1, -0.05) is 23.8 Å². The van der Waals surface area contributed by atoms with E-state index < -0.39 is 11.9 Å². The zero-order valence-corrected chi connectivity index (χ0v) is 16.2. The lowest BCUT2D eigenvalue weighted by Gasteiger charge is -2.10. The fourth-order valence-electron chi connectivity index (χ4n) is 2.86. The summed E-state index contributed by atoms with van der Waals surface area (Å²) < 4.78 is 21.1. The molecule has 1 aromatic heterocycles. The number of nitrogens with zero attached hydrogens (tertiary/aromatic N) is 1. The number of cyclic esters (lactones) is 1. The highest BCUT2D eigenvalue weighted by molar-refractivity contribution is 6.11. The third-order valence-electron chi connectivity index (χ3n) is 4.30. The third-order valence-corrected chi connectivity index (χ3v) is 4.30. The molecule has 2 aromatic carbocycles. The second kappa shape index (κ2) is 8.08. The van der Waals surface area contributed by atoms with Crippen LogP contribution in [-0.4, -0.2) is 24.9 Å². The van der Waals surface area contributed by atoms with E-state index in [2.05, 4.69) is 4.99 Å². The molecule has 0 atom stereocenters. The second-order valence-corrected chi connectivity index (χ2v) is 6.48. The Balaban J connectivity index is 1.57. The molecular weight excluding hydrogens is 386 g/mol. The van der Waals surface area contributed by atoms with Gasteiger partial charge in [0.15, 0.2) is 23.0 Å². The first-order chi connectivity index (χ1) is 14.5. The van der Waals surface area contributed by atoms with Gasteiger partial charge in [0.05, 0.1) is 18.9 Å². The van der Waals surface area contributed by atoms with Crippen molar-refractivity contribution in [2.24, 2.45) is 4.99 Å². The van der Waals surface area contributed by atoms with E-state index in [-0.39, 0.29) is 17.3 Å². The number of esters is 2. The fourth-order valence-corrected chi connectivity index (χ4v) is 2.86. The molecule has 3 aromatic rings. The Bertz CT molecular complexity index is 1170. The maximum atomic E-state index is 12.4. The van der Waals surface area contributed by atoms with E-state index in [0.29, 0.717) is 22.6 Å². The molecule has 0 spiro atoms. The van der Waals surface area contributed by atoms with Crippen molar-refractivity contribution in [3.8, 4) is 11.5 Å². The standard InChI is InChI=1S/C23H17NO6/c1-14-5-3-6-16(11-14)22(25)29-18-9-8-15(13-20(18)27-2)12-17-23(26)30-21(24-17)19-7-4-10-28-19/h3-13H,1-2H3/b17-12+. The van der Waals surface area contributed by atoms with E-state index in [1.807, 2.05) is 13.0 Å². The van der Waals surface area contributed by atoms with Crippen LogP contribution in [0.5, 0.6) is 11.5 Å². The Hall–Kier alpha value is -4.13. The number of carbonyl (C=O) groups is 2. The number of ether oxygens (including phenoxy) is 3. The molecular formula is C23H17NO6. The lowest BCUT2D eigenvalue weighted by atomic mass is 10.1. The van der Waals surface area contributed by atoms with Gasteiger partial charge < -0.3 is 18.6 Å². The van der Waals surface area contributed by atoms with Crippen molar-refractivity contribution in [3.63, 3.8) is 0 Å². The first kappa shape index (κ1) is 19.2. The minimum atomic E-state index is -0.588. The third kappa shape index (κ3) is 4.00. The molecule has 0 unspecified atom stereocenters. The van der Waals surface area contributed by atoms with Crippen molar-refractivity contribution >= 4 is 23.9 Å². The lowest BCUT2D eigenvalue weighted by molar-refractivity contribution is -0.130. The Morgan fingerprint density at radius 1 is 1.07 bits per heavy atom. The minimum absolute atomic E-state index is 0.104. The molecule has 0 radical (unpaired) electrons. The summed E-state index contributed by atoms with van der Waals surface area (Å²) in [6.45, 7) is 1.90. The van der Waals surface area contributed by atoms with Gasteiger partial charge in [-0.3, -0.25) is 0 Å². The van der Waals surface area contributed by atoms with Crippen molar-refractivity contribution in [2.45, 2.75) is 6.92 Å². The molecule has 0 amide bonds. The summed E-state index contributed by atoms with van der Waals surface area (Å²) in [6.07, 6.45) is 3.02. The highest BCUT2D eigenvalue weighted by Gasteiger charge is 2.26. The van der Waals surface area contributed by atoms with Gasteiger partial charge in [-0.05, 0) is 55.0 Å². The molecule has 30 heavy (non-hydrogen) atoms. The fraction of sp³-hybridized carbons (Fsp3) is 0.0870. The quantitative estimate of drug-likeness (QED) is 0.361. The number of aryl methyl sites for hydroxylation is 1. The first-order valence-electron chi connectivity index (χ1n) is 9.07. The smallest absolute Gasteiger partial charge is 0.363 e. The van der Waals surface area contributed by atoms with Gasteiger partial charge in [0.2, 0.25) is 0 Å². The molecule has 0 fully saturated rings. The SMILES string of the molecule is COc1cc(/C=C2/N=C(c3ccco3)OC2=O)ccc1OC(=O)c1cccc(C)c1. The Labute approximate surface area is 172 Å². The average molecular weight is 403 g/mol. The zero-order valence-electron chi connectivity index (χ0n) is 16.2. The Kier molecular flexibility index (Phi) is 5.17. The van der Waals surface area contributed by atoms with Gasteiger partial charge in [-0.2, -0.15) is 0 Å². The normalized spacial score (nSPS) is 14.4. The number of rotatable bonds is 5. The van der Waals surface area contributed by atoms with Gasteiger partial charge in [0.25, 0.3) is 5.90 Å². The van der Waals surface area contributed by atoms with Crippen LogP contribution < -0.4 is 9.47 Å². The summed E-state index contributed by atoms with van der Waals surface area (Å²) in [4.78, 5) is 28.7. The van der Waals surface area contributed by atoms with Gasteiger partial charge >= 0.3 is 11.9 Å². The van der Waals surface area contributed by atoms with E-state index in [1.165, 1.54) is 13.4 Å². The van der Waals surface area contributed by atoms with Crippen molar-refractivity contribution in [1.82, 2.24) is 0 Å². The average Bonchev–Trinajstić information content (AvgIpc) is 3.39. The highest BCUT2D eigenvalue weighted by Crippen LogP contribution is 2.30. The number of benzene rings is 2. The van der Waals surface area contributed by atoms with Crippen LogP contribution in [0.1, 0.15) is 27.2 Å². The number of furan rings is 1. The van der Waals surface area contributed by atoms with Crippen LogP contribution >= 0.6 is 0 Å². The summed E-state index contributed by atoms with van der Waals surface area (Å²) in [5, 5.41) is 0. The Morgan fingerprint density at radius 3 is 2.67 bits per heavy atom. The molecule has 1 aliphatic heterocycles. The van der Waals surface area contributed by atoms with E-state index in [0.717, 1.165) is 5.56 Å². The molecule has 150 valence electrons. The van der Waals surface area contributed by atoms with Crippen LogP contribution in [0.4, 0.5) is 0 Å². The summed E-state index contributed by atoms with van der Waals surface area (Å²) >= 11 is 0. The molecule has 7 nitrogen and oxygen atoms in total. The van der Waals surface area contributed by atoms with E-state index in [1.54, 1.807) is 54.6 Å². The number of hydrogen-bond acceptors (Lipinski definition) is 7. The van der Waals surface area contributed by atoms with Crippen LogP contribution in [0.2, 0.25) is 0 Å². The summed E-state index contributed by atoms with van der Waals surface area (Å²) in [6, 6.07) is 15.3. The van der Waals surface area contributed by atoms with Crippen LogP contribution in [-0.2, 0) is 9.53 Å². The van der Waals surface area contributed by atoms with E-state index in [4.69, 9.17) is 18.6 Å². The predicted molar refractivity (Wildman–Crippen MR) is 108 cm³/mol. The van der Waals surface area contributed by atoms with E-state index in [9.17, 15) is 9.59 Å². The molecule has 1 aliphatic rings. The molecule has 0 saturated heterocycles. The van der Waals surface area contributed by atoms with E-state index >= 15 is 0 Å². The minimum Gasteiger partial charge on any atom is -0.493 e. The first-order valence-corrected chi connectivity index (χ1v) is 9.07. The molecule has 0 bridgehead atoms. The number of hydrogen-bond donors (Lipinski definition) is 0. The van der Waals surface area contributed by atoms with Crippen molar-refractivity contribution in [3.05, 3.63) is 89.0 Å². The van der Waals surface area contributed by atoms with Crippen molar-refractivity contribution < 1.29 is 28.2 Å². The van der Waals surface area contributed by atoms with Crippen molar-refractivity contribution in [2.75, 3.05) is 7.11 Å². The van der Waals surface area contributed by atoms with Gasteiger partial charge in [-0.15, -0.1) is 0 Å². The molecule has 4 rings (SSSR count). The van der Waals surface area contributed by atoms with Gasteiger partial charge in [0, 0.05) is 0 Å². The Morgan fingerprint density at radius 2 is 1.93 bits per heavy atom. The largest absolute Gasteiger partial charge is 0.493 e. The summed E-state index contributed by atoms with van der Waals surface area (Å²) in [7, 11) is 1.47. The van der Waals surface area contributed by atoms with Crippen LogP contribution in [0.3, 0.4) is 0 Å². The summed E-state index contributed by atoms with van der Waals surface area (Å²) in [5.41, 5.74) is 2.14. The molecule has 0 saturated carbocycles. The van der Waals surface area contributed by atoms with Gasteiger partial charge in [0.1, 0.15) is 0 Å². The number of aliphatic imine (C=N–C) groups is 1. The van der Waals surface area contributed by atoms with Gasteiger partial charge in [-0.25, -0.2) is 14.6 Å². The maximum absolute atomic E-state index is 12.4. The maximum Gasteiger partial charge on any atom is 0.363 e.